The highest BCUT2D eigenvalue weighted by Crippen LogP contribution is 2.53. The van der Waals surface area contributed by atoms with E-state index in [9.17, 15) is 0 Å². The lowest BCUT2D eigenvalue weighted by Crippen LogP contribution is -2.02. The van der Waals surface area contributed by atoms with E-state index in [-0.39, 0.29) is 0 Å². The first-order valence-electron chi connectivity index (χ1n) is 15.1. The van der Waals surface area contributed by atoms with Gasteiger partial charge >= 0.3 is 0 Å². The second-order valence-electron chi connectivity index (χ2n) is 11.8. The van der Waals surface area contributed by atoms with Gasteiger partial charge in [0.2, 0.25) is 0 Å². The Hall–Kier alpha value is -5.30. The summed E-state index contributed by atoms with van der Waals surface area (Å²) in [5.41, 5.74) is 7.66. The predicted molar refractivity (Wildman–Crippen MR) is 184 cm³/mol. The van der Waals surface area contributed by atoms with Crippen molar-refractivity contribution in [3.05, 3.63) is 156 Å². The third-order valence-electron chi connectivity index (χ3n) is 9.51. The van der Waals surface area contributed by atoms with Gasteiger partial charge in [-0.2, -0.15) is 0 Å². The molecule has 2 aliphatic rings. The maximum Gasteiger partial charge on any atom is 0.0626 e. The highest BCUT2D eigenvalue weighted by molar-refractivity contribution is 8.03. The van der Waals surface area contributed by atoms with Gasteiger partial charge < -0.3 is 4.57 Å². The highest BCUT2D eigenvalue weighted by Gasteiger charge is 2.31. The minimum atomic E-state index is 0.427. The first-order valence-corrected chi connectivity index (χ1v) is 15.9. The number of hydrogen-bond acceptors (Lipinski definition) is 2. The predicted octanol–water partition coefficient (Wildman–Crippen LogP) is 10.8. The lowest BCUT2D eigenvalue weighted by atomic mass is 9.86. The fraction of sp³-hybridized carbons (Fsp3) is 0.0488. The molecule has 0 fully saturated rings. The molecule has 0 amide bonds. The molecule has 1 aliphatic carbocycles. The Morgan fingerprint density at radius 1 is 0.750 bits per heavy atom. The summed E-state index contributed by atoms with van der Waals surface area (Å²) in [6, 6.07) is 44.4. The van der Waals surface area contributed by atoms with Crippen LogP contribution in [0.5, 0.6) is 0 Å². The molecule has 0 spiro atoms. The standard InChI is InChI=1S/C41H24N2S/c1-2-8-29-26(7-1)15-19-36-39(29)40-33-11-5-3-9-30(33)31-10-4-6-12-34(31)41(40)43(36)28-17-13-25(14-18-28)27-16-20-37-35(23-27)32-21-22-42-24-38(32)44-37/h1,3-7,9-22,24,35H,23H2. The van der Waals surface area contributed by atoms with Crippen molar-refractivity contribution in [3.63, 3.8) is 0 Å². The van der Waals surface area contributed by atoms with E-state index in [0.717, 1.165) is 17.5 Å². The Labute approximate surface area is 259 Å². The summed E-state index contributed by atoms with van der Waals surface area (Å²) in [4.78, 5) is 7.07. The van der Waals surface area contributed by atoms with Crippen LogP contribution < -0.4 is 0 Å². The number of hydrogen-bond donors (Lipinski definition) is 0. The van der Waals surface area contributed by atoms with E-state index in [0.29, 0.717) is 5.92 Å². The quantitative estimate of drug-likeness (QED) is 0.191. The molecular formula is C41H24N2S. The number of benzene rings is 5. The Balaban J connectivity index is 1.21. The van der Waals surface area contributed by atoms with Gasteiger partial charge in [0.1, 0.15) is 0 Å². The largest absolute Gasteiger partial charge is 0.309 e. The zero-order valence-electron chi connectivity index (χ0n) is 23.7. The molecule has 1 atom stereocenters. The first-order chi connectivity index (χ1) is 21.8. The van der Waals surface area contributed by atoms with Gasteiger partial charge in [0.15, 0.2) is 0 Å². The average Bonchev–Trinajstić information content (AvgIpc) is 3.65. The molecule has 3 heteroatoms. The minimum absolute atomic E-state index is 0.427. The van der Waals surface area contributed by atoms with Crippen molar-refractivity contribution in [2.24, 2.45) is 0 Å². The fourth-order valence-corrected chi connectivity index (χ4v) is 8.73. The van der Waals surface area contributed by atoms with Crippen LogP contribution in [0.4, 0.5) is 0 Å². The van der Waals surface area contributed by atoms with E-state index in [2.05, 4.69) is 131 Å². The van der Waals surface area contributed by atoms with Gasteiger partial charge in [-0.25, -0.2) is 0 Å². The number of rotatable bonds is 2. The van der Waals surface area contributed by atoms with Crippen molar-refractivity contribution in [1.82, 2.24) is 9.55 Å². The number of thioether (sulfide) groups is 1. The minimum Gasteiger partial charge on any atom is -0.309 e. The van der Waals surface area contributed by atoms with Gasteiger partial charge in [-0.15, -0.1) is 0 Å². The molecule has 0 radical (unpaired) electrons. The molecule has 204 valence electrons. The SMILES string of the molecule is c1ccc2ccc3c(c2c#1)c1c2ccccc2c2ccccc2c1n3-c1ccc(C2=CC=C3Sc4cnccc4C3C2)cc1. The zero-order valence-corrected chi connectivity index (χ0v) is 24.5. The van der Waals surface area contributed by atoms with E-state index in [4.69, 9.17) is 0 Å². The van der Waals surface area contributed by atoms with Crippen molar-refractivity contribution < 1.29 is 0 Å². The Morgan fingerprint density at radius 2 is 1.55 bits per heavy atom. The first kappa shape index (κ1) is 24.2. The number of fused-ring (bicyclic) bond motifs is 13. The van der Waals surface area contributed by atoms with Gasteiger partial charge in [0.05, 0.1) is 11.0 Å². The maximum absolute atomic E-state index is 4.35. The second kappa shape index (κ2) is 9.10. The molecular weight excluding hydrogens is 553 g/mol. The van der Waals surface area contributed by atoms with E-state index in [1.807, 2.05) is 30.2 Å². The van der Waals surface area contributed by atoms with Crippen molar-refractivity contribution in [2.45, 2.75) is 17.2 Å². The summed E-state index contributed by atoms with van der Waals surface area (Å²) >= 11 is 1.87. The Morgan fingerprint density at radius 3 is 2.41 bits per heavy atom. The van der Waals surface area contributed by atoms with Crippen LogP contribution in [0.3, 0.4) is 0 Å². The van der Waals surface area contributed by atoms with Gasteiger partial charge in [0.25, 0.3) is 0 Å². The van der Waals surface area contributed by atoms with Crippen LogP contribution in [-0.4, -0.2) is 9.55 Å². The van der Waals surface area contributed by atoms with Crippen LogP contribution in [0.15, 0.2) is 137 Å². The van der Waals surface area contributed by atoms with Crippen LogP contribution in [0.2, 0.25) is 0 Å². The van der Waals surface area contributed by atoms with E-state index >= 15 is 0 Å². The topological polar surface area (TPSA) is 17.8 Å². The van der Waals surface area contributed by atoms with Crippen LogP contribution >= 0.6 is 11.8 Å². The molecule has 0 bridgehead atoms. The van der Waals surface area contributed by atoms with Crippen molar-refractivity contribution in [2.75, 3.05) is 0 Å². The van der Waals surface area contributed by atoms with E-state index < -0.39 is 0 Å². The molecule has 1 aliphatic heterocycles. The Kier molecular flexibility index (Phi) is 5.00. The lowest BCUT2D eigenvalue weighted by molar-refractivity contribution is 0.845. The molecule has 0 saturated carbocycles. The van der Waals surface area contributed by atoms with Crippen LogP contribution in [0.1, 0.15) is 23.5 Å². The molecule has 2 aromatic heterocycles. The highest BCUT2D eigenvalue weighted by atomic mass is 32.2. The second-order valence-corrected chi connectivity index (χ2v) is 12.9. The van der Waals surface area contributed by atoms with Crippen molar-refractivity contribution in [3.8, 4) is 5.69 Å². The molecule has 3 heterocycles. The van der Waals surface area contributed by atoms with Crippen LogP contribution in [-0.2, 0) is 0 Å². The smallest absolute Gasteiger partial charge is 0.0626 e. The van der Waals surface area contributed by atoms with Gasteiger partial charge in [-0.05, 0) is 86.0 Å². The van der Waals surface area contributed by atoms with Gasteiger partial charge in [-0.1, -0.05) is 103 Å². The van der Waals surface area contributed by atoms with Crippen LogP contribution in [0, 0.1) is 12.1 Å². The van der Waals surface area contributed by atoms with E-state index in [1.165, 1.54) is 75.2 Å². The third kappa shape index (κ3) is 3.32. The maximum atomic E-state index is 4.35. The lowest BCUT2D eigenvalue weighted by Gasteiger charge is -2.20. The molecule has 8 aromatic rings. The fourth-order valence-electron chi connectivity index (χ4n) is 7.55. The summed E-state index contributed by atoms with van der Waals surface area (Å²) < 4.78 is 2.47. The zero-order chi connectivity index (χ0) is 28.8. The molecule has 44 heavy (non-hydrogen) atoms. The average molecular weight is 577 g/mol. The molecule has 2 nitrogen and oxygen atoms in total. The third-order valence-corrected chi connectivity index (χ3v) is 10.7. The molecule has 0 saturated heterocycles. The monoisotopic (exact) mass is 576 g/mol. The number of allylic oxidation sites excluding steroid dienone is 4. The molecule has 1 unspecified atom stereocenters. The number of nitrogens with zero attached hydrogens (tertiary/aromatic N) is 2. The summed E-state index contributed by atoms with van der Waals surface area (Å²) in [5, 5.41) is 9.89. The normalized spacial score (nSPS) is 15.9. The Bertz CT molecular complexity index is 2550. The van der Waals surface area contributed by atoms with Crippen LogP contribution in [0.25, 0.3) is 65.4 Å². The summed E-state index contributed by atoms with van der Waals surface area (Å²) in [6.07, 6.45) is 9.56. The number of aromatic nitrogens is 2. The van der Waals surface area contributed by atoms with Gasteiger partial charge in [0, 0.05) is 50.4 Å². The molecule has 10 rings (SSSR count). The molecule has 0 N–H and O–H groups in total. The number of pyridine rings is 1. The molecule has 6 aromatic carbocycles. The van der Waals surface area contributed by atoms with Crippen molar-refractivity contribution in [1.29, 1.82) is 0 Å². The van der Waals surface area contributed by atoms with Gasteiger partial charge in [-0.3, -0.25) is 4.98 Å². The summed E-state index contributed by atoms with van der Waals surface area (Å²) in [5.74, 6) is 0.427. The van der Waals surface area contributed by atoms with E-state index in [1.54, 1.807) is 0 Å². The summed E-state index contributed by atoms with van der Waals surface area (Å²) in [7, 11) is 0. The summed E-state index contributed by atoms with van der Waals surface area (Å²) in [6.45, 7) is 0. The van der Waals surface area contributed by atoms with Crippen molar-refractivity contribution >= 4 is 71.5 Å².